The first-order valence-corrected chi connectivity index (χ1v) is 7.85. The second-order valence-corrected chi connectivity index (χ2v) is 5.67. The molecule has 7 heteroatoms. The Morgan fingerprint density at radius 3 is 2.56 bits per heavy atom. The van der Waals surface area contributed by atoms with Crippen LogP contribution in [0.1, 0.15) is 6.42 Å². The van der Waals surface area contributed by atoms with Gasteiger partial charge in [-0.2, -0.15) is 0 Å². The van der Waals surface area contributed by atoms with Gasteiger partial charge in [0.25, 0.3) is 0 Å². The summed E-state index contributed by atoms with van der Waals surface area (Å²) in [6.07, 6.45) is 3.38. The minimum absolute atomic E-state index is 0.0953. The number of nitrogens with one attached hydrogen (secondary N) is 1. The molecular weight excluding hydrogens is 322 g/mol. The second kappa shape index (κ2) is 7.21. The number of nitrogens with zero attached hydrogens (tertiary/aromatic N) is 2. The highest BCUT2D eigenvalue weighted by molar-refractivity contribution is 6.03. The van der Waals surface area contributed by atoms with Crippen molar-refractivity contribution in [2.45, 2.75) is 6.42 Å². The molecule has 2 aromatic rings. The zero-order valence-electron chi connectivity index (χ0n) is 14.1. The smallest absolute Gasteiger partial charge is 0.229 e. The Morgan fingerprint density at radius 1 is 1.16 bits per heavy atom. The Balaban J connectivity index is 1.73. The molecule has 1 aromatic heterocycles. The van der Waals surface area contributed by atoms with E-state index in [1.165, 1.54) is 0 Å². The van der Waals surface area contributed by atoms with Crippen molar-refractivity contribution in [3.8, 4) is 11.5 Å². The Kier molecular flexibility index (Phi) is 4.83. The lowest BCUT2D eigenvalue weighted by Gasteiger charge is -2.18. The molecule has 0 bridgehead atoms. The van der Waals surface area contributed by atoms with E-state index in [-0.39, 0.29) is 18.2 Å². The summed E-state index contributed by atoms with van der Waals surface area (Å²) in [4.78, 5) is 30.3. The molecule has 1 saturated heterocycles. The highest BCUT2D eigenvalue weighted by Gasteiger charge is 2.35. The highest BCUT2D eigenvalue weighted by atomic mass is 16.5. The largest absolute Gasteiger partial charge is 0.493 e. The quantitative estimate of drug-likeness (QED) is 0.901. The van der Waals surface area contributed by atoms with Gasteiger partial charge in [0.15, 0.2) is 11.5 Å². The minimum atomic E-state index is -0.409. The molecule has 1 atom stereocenters. The average molecular weight is 341 g/mol. The van der Waals surface area contributed by atoms with Crippen LogP contribution in [0.2, 0.25) is 0 Å². The number of aromatic nitrogens is 1. The molecule has 1 aromatic carbocycles. The molecule has 7 nitrogen and oxygen atoms in total. The van der Waals surface area contributed by atoms with Gasteiger partial charge in [0.2, 0.25) is 11.8 Å². The van der Waals surface area contributed by atoms with E-state index in [9.17, 15) is 9.59 Å². The molecule has 0 spiro atoms. The number of ether oxygens (including phenoxy) is 2. The van der Waals surface area contributed by atoms with Crippen LogP contribution in [0.4, 0.5) is 11.4 Å². The number of anilines is 2. The van der Waals surface area contributed by atoms with Gasteiger partial charge in [-0.3, -0.25) is 14.6 Å². The summed E-state index contributed by atoms with van der Waals surface area (Å²) >= 11 is 0. The van der Waals surface area contributed by atoms with Crippen molar-refractivity contribution in [3.63, 3.8) is 0 Å². The summed E-state index contributed by atoms with van der Waals surface area (Å²) in [6.45, 7) is 0.325. The number of hydrogen-bond donors (Lipinski definition) is 1. The van der Waals surface area contributed by atoms with Crippen molar-refractivity contribution in [2.75, 3.05) is 31.0 Å². The summed E-state index contributed by atoms with van der Waals surface area (Å²) in [5.74, 6) is 0.445. The maximum atomic E-state index is 12.4. The van der Waals surface area contributed by atoms with Crippen molar-refractivity contribution in [3.05, 3.63) is 42.7 Å². The van der Waals surface area contributed by atoms with Crippen LogP contribution in [0.25, 0.3) is 0 Å². The van der Waals surface area contributed by atoms with E-state index in [0.29, 0.717) is 29.4 Å². The van der Waals surface area contributed by atoms with Crippen LogP contribution in [-0.4, -0.2) is 37.6 Å². The summed E-state index contributed by atoms with van der Waals surface area (Å²) in [5.41, 5.74) is 1.35. The first kappa shape index (κ1) is 16.8. The van der Waals surface area contributed by atoms with Gasteiger partial charge in [-0.1, -0.05) is 0 Å². The maximum Gasteiger partial charge on any atom is 0.229 e. The van der Waals surface area contributed by atoms with E-state index in [1.54, 1.807) is 61.8 Å². The van der Waals surface area contributed by atoms with Crippen LogP contribution >= 0.6 is 0 Å². The predicted octanol–water partition coefficient (Wildman–Crippen LogP) is 2.09. The van der Waals surface area contributed by atoms with Gasteiger partial charge < -0.3 is 19.7 Å². The van der Waals surface area contributed by atoms with Gasteiger partial charge in [-0.25, -0.2) is 0 Å². The Bertz CT molecular complexity index is 779. The lowest BCUT2D eigenvalue weighted by Crippen LogP contribution is -2.28. The van der Waals surface area contributed by atoms with Crippen molar-refractivity contribution in [2.24, 2.45) is 5.92 Å². The van der Waals surface area contributed by atoms with Crippen LogP contribution < -0.4 is 19.7 Å². The topological polar surface area (TPSA) is 80.8 Å². The summed E-state index contributed by atoms with van der Waals surface area (Å²) in [7, 11) is 3.09. The van der Waals surface area contributed by atoms with Gasteiger partial charge in [-0.15, -0.1) is 0 Å². The molecule has 2 heterocycles. The SMILES string of the molecule is COc1ccc(N2C[C@H](C(=O)Nc3ccncc3)CC2=O)cc1OC. The van der Waals surface area contributed by atoms with Crippen LogP contribution in [0.15, 0.2) is 42.7 Å². The fourth-order valence-corrected chi connectivity index (χ4v) is 2.81. The third-order valence-electron chi connectivity index (χ3n) is 4.12. The molecule has 3 rings (SSSR count). The number of pyridine rings is 1. The van der Waals surface area contributed by atoms with E-state index >= 15 is 0 Å². The van der Waals surface area contributed by atoms with Gasteiger partial charge in [0.1, 0.15) is 0 Å². The van der Waals surface area contributed by atoms with Crippen LogP contribution in [0.3, 0.4) is 0 Å². The molecule has 130 valence electrons. The van der Waals surface area contributed by atoms with Gasteiger partial charge in [0, 0.05) is 42.8 Å². The van der Waals surface area contributed by atoms with Gasteiger partial charge >= 0.3 is 0 Å². The monoisotopic (exact) mass is 341 g/mol. The molecule has 2 amide bonds. The maximum absolute atomic E-state index is 12.4. The zero-order valence-corrected chi connectivity index (χ0v) is 14.1. The first-order chi connectivity index (χ1) is 12.1. The number of benzene rings is 1. The Labute approximate surface area is 145 Å². The van der Waals surface area contributed by atoms with Crippen molar-refractivity contribution in [1.29, 1.82) is 0 Å². The molecular formula is C18H19N3O4. The van der Waals surface area contributed by atoms with E-state index in [0.717, 1.165) is 0 Å². The number of amides is 2. The molecule has 1 fully saturated rings. The van der Waals surface area contributed by atoms with Crippen molar-refractivity contribution >= 4 is 23.2 Å². The molecule has 1 aliphatic heterocycles. The van der Waals surface area contributed by atoms with Crippen molar-refractivity contribution < 1.29 is 19.1 Å². The summed E-state index contributed by atoms with van der Waals surface area (Å²) < 4.78 is 10.5. The van der Waals surface area contributed by atoms with E-state index in [1.807, 2.05) is 0 Å². The number of carbonyl (C=O) groups excluding carboxylic acids is 2. The van der Waals surface area contributed by atoms with Gasteiger partial charge in [0.05, 0.1) is 20.1 Å². The number of hydrogen-bond acceptors (Lipinski definition) is 5. The molecule has 1 N–H and O–H groups in total. The predicted molar refractivity (Wildman–Crippen MR) is 92.9 cm³/mol. The fourth-order valence-electron chi connectivity index (χ4n) is 2.81. The lowest BCUT2D eigenvalue weighted by atomic mass is 10.1. The number of carbonyl (C=O) groups is 2. The molecule has 0 aliphatic carbocycles. The van der Waals surface area contributed by atoms with Gasteiger partial charge in [-0.05, 0) is 24.3 Å². The molecule has 25 heavy (non-hydrogen) atoms. The number of methoxy groups -OCH3 is 2. The number of rotatable bonds is 5. The van der Waals surface area contributed by atoms with E-state index in [2.05, 4.69) is 10.3 Å². The van der Waals surface area contributed by atoms with Crippen LogP contribution in [0, 0.1) is 5.92 Å². The van der Waals surface area contributed by atoms with Crippen molar-refractivity contribution in [1.82, 2.24) is 4.98 Å². The Morgan fingerprint density at radius 2 is 1.88 bits per heavy atom. The first-order valence-electron chi connectivity index (χ1n) is 7.85. The minimum Gasteiger partial charge on any atom is -0.493 e. The third kappa shape index (κ3) is 3.55. The normalized spacial score (nSPS) is 16.6. The molecule has 0 unspecified atom stereocenters. The summed E-state index contributed by atoms with van der Waals surface area (Å²) in [6, 6.07) is 8.68. The van der Waals surface area contributed by atoms with Crippen LogP contribution in [0.5, 0.6) is 11.5 Å². The summed E-state index contributed by atoms with van der Waals surface area (Å²) in [5, 5.41) is 2.81. The Hall–Kier alpha value is -3.09. The molecule has 1 aliphatic rings. The van der Waals surface area contributed by atoms with Crippen LogP contribution in [-0.2, 0) is 9.59 Å². The third-order valence-corrected chi connectivity index (χ3v) is 4.12. The highest BCUT2D eigenvalue weighted by Crippen LogP contribution is 2.34. The molecule has 0 saturated carbocycles. The fraction of sp³-hybridized carbons (Fsp3) is 0.278. The van der Waals surface area contributed by atoms with E-state index in [4.69, 9.17) is 9.47 Å². The standard InChI is InChI=1S/C18H19N3O4/c1-24-15-4-3-14(10-16(15)25-2)21-11-12(9-17(21)22)18(23)20-13-5-7-19-8-6-13/h3-8,10,12H,9,11H2,1-2H3,(H,19,20,23)/t12-/m1/s1. The molecule has 0 radical (unpaired) electrons. The second-order valence-electron chi connectivity index (χ2n) is 5.67. The zero-order chi connectivity index (χ0) is 17.8. The lowest BCUT2D eigenvalue weighted by molar-refractivity contribution is -0.122. The average Bonchev–Trinajstić information content (AvgIpc) is 3.04. The van der Waals surface area contributed by atoms with E-state index < -0.39 is 5.92 Å².